The Balaban J connectivity index is 2.17. The normalized spacial score (nSPS) is 11.2. The zero-order valence-electron chi connectivity index (χ0n) is 11.3. The van der Waals surface area contributed by atoms with E-state index in [0.29, 0.717) is 21.8 Å². The molecule has 0 spiro atoms. The van der Waals surface area contributed by atoms with Crippen LogP contribution in [0.3, 0.4) is 0 Å². The summed E-state index contributed by atoms with van der Waals surface area (Å²) in [4.78, 5) is 12.1. The van der Waals surface area contributed by atoms with Crippen LogP contribution in [0.2, 0.25) is 5.02 Å². The molecule has 108 valence electrons. The van der Waals surface area contributed by atoms with Crippen molar-refractivity contribution in [2.75, 3.05) is 5.32 Å². The van der Waals surface area contributed by atoms with Gasteiger partial charge < -0.3 is 16.3 Å². The van der Waals surface area contributed by atoms with E-state index in [2.05, 4.69) is 10.5 Å². The Bertz CT molecular complexity index is 697. The number of aryl methyl sites for hydroxylation is 1. The maximum atomic E-state index is 12.1. The van der Waals surface area contributed by atoms with Gasteiger partial charge in [0.2, 0.25) is 0 Å². The minimum absolute atomic E-state index is 0.0106. The van der Waals surface area contributed by atoms with Crippen LogP contribution in [0.25, 0.3) is 0 Å². The van der Waals surface area contributed by atoms with Crippen molar-refractivity contribution in [2.24, 2.45) is 10.9 Å². The number of amides is 1. The number of benzene rings is 2. The van der Waals surface area contributed by atoms with Gasteiger partial charge in [0, 0.05) is 11.1 Å². The van der Waals surface area contributed by atoms with Gasteiger partial charge in [-0.15, -0.1) is 0 Å². The Morgan fingerprint density at radius 2 is 1.81 bits per heavy atom. The second-order valence-corrected chi connectivity index (χ2v) is 4.91. The zero-order chi connectivity index (χ0) is 15.4. The smallest absolute Gasteiger partial charge is 0.255 e. The van der Waals surface area contributed by atoms with Crippen LogP contribution in [0.5, 0.6) is 0 Å². The predicted molar refractivity (Wildman–Crippen MR) is 83.1 cm³/mol. The minimum atomic E-state index is -0.285. The number of nitrogens with one attached hydrogen (secondary N) is 1. The SMILES string of the molecule is Cc1ccc(NC(=O)c2ccc(/C(N)=N/O)cc2)c(Cl)c1. The second-order valence-electron chi connectivity index (χ2n) is 4.50. The molecule has 0 aliphatic carbocycles. The summed E-state index contributed by atoms with van der Waals surface area (Å²) in [6.45, 7) is 1.92. The van der Waals surface area contributed by atoms with Gasteiger partial charge in [0.25, 0.3) is 5.91 Å². The van der Waals surface area contributed by atoms with Crippen molar-refractivity contribution in [3.05, 3.63) is 64.2 Å². The van der Waals surface area contributed by atoms with Crippen molar-refractivity contribution in [1.29, 1.82) is 0 Å². The highest BCUT2D eigenvalue weighted by Crippen LogP contribution is 2.23. The summed E-state index contributed by atoms with van der Waals surface area (Å²) in [6, 6.07) is 11.8. The molecule has 0 aliphatic heterocycles. The molecule has 0 radical (unpaired) electrons. The van der Waals surface area contributed by atoms with Gasteiger partial charge in [-0.3, -0.25) is 4.79 Å². The first-order chi connectivity index (χ1) is 10.0. The lowest BCUT2D eigenvalue weighted by molar-refractivity contribution is 0.102. The molecule has 6 heteroatoms. The van der Waals surface area contributed by atoms with Gasteiger partial charge in [-0.2, -0.15) is 0 Å². The van der Waals surface area contributed by atoms with Crippen LogP contribution in [0.4, 0.5) is 5.69 Å². The van der Waals surface area contributed by atoms with Crippen LogP contribution < -0.4 is 11.1 Å². The summed E-state index contributed by atoms with van der Waals surface area (Å²) in [6.07, 6.45) is 0. The number of nitrogens with two attached hydrogens (primary N) is 1. The zero-order valence-corrected chi connectivity index (χ0v) is 12.1. The summed E-state index contributed by atoms with van der Waals surface area (Å²) < 4.78 is 0. The lowest BCUT2D eigenvalue weighted by Crippen LogP contribution is -2.15. The highest BCUT2D eigenvalue weighted by Gasteiger charge is 2.09. The van der Waals surface area contributed by atoms with Crippen LogP contribution >= 0.6 is 11.6 Å². The molecule has 0 heterocycles. The summed E-state index contributed by atoms with van der Waals surface area (Å²) >= 11 is 6.07. The number of halogens is 1. The van der Waals surface area contributed by atoms with Gasteiger partial charge in [0.1, 0.15) is 0 Å². The lowest BCUT2D eigenvalue weighted by Gasteiger charge is -2.08. The van der Waals surface area contributed by atoms with Gasteiger partial charge in [-0.1, -0.05) is 35.0 Å². The Hall–Kier alpha value is -2.53. The summed E-state index contributed by atoms with van der Waals surface area (Å²) in [7, 11) is 0. The molecule has 2 aromatic rings. The molecule has 0 aromatic heterocycles. The maximum Gasteiger partial charge on any atom is 0.255 e. The van der Waals surface area contributed by atoms with E-state index in [4.69, 9.17) is 22.5 Å². The monoisotopic (exact) mass is 303 g/mol. The van der Waals surface area contributed by atoms with Crippen molar-refractivity contribution in [1.82, 2.24) is 0 Å². The van der Waals surface area contributed by atoms with E-state index in [-0.39, 0.29) is 11.7 Å². The summed E-state index contributed by atoms with van der Waals surface area (Å²) in [5, 5.41) is 14.7. The fourth-order valence-electron chi connectivity index (χ4n) is 1.77. The van der Waals surface area contributed by atoms with E-state index >= 15 is 0 Å². The first-order valence-electron chi connectivity index (χ1n) is 6.16. The van der Waals surface area contributed by atoms with Crippen LogP contribution in [0.1, 0.15) is 21.5 Å². The molecule has 0 saturated heterocycles. The van der Waals surface area contributed by atoms with Crippen LogP contribution in [0.15, 0.2) is 47.6 Å². The molecule has 2 rings (SSSR count). The first kappa shape index (κ1) is 14.9. The standard InChI is InChI=1S/C15H14ClN3O2/c1-9-2-7-13(12(16)8-9)18-15(20)11-5-3-10(4-6-11)14(17)19-21/h2-8,21H,1H3,(H2,17,19)(H,18,20). The van der Waals surface area contributed by atoms with Crippen molar-refractivity contribution >= 4 is 29.0 Å². The third-order valence-corrected chi connectivity index (χ3v) is 3.24. The average Bonchev–Trinajstić information content (AvgIpc) is 2.49. The molecular weight excluding hydrogens is 290 g/mol. The fraction of sp³-hybridized carbons (Fsp3) is 0.0667. The van der Waals surface area contributed by atoms with E-state index in [9.17, 15) is 4.79 Å². The quantitative estimate of drug-likeness (QED) is 0.352. The average molecular weight is 304 g/mol. The maximum absolute atomic E-state index is 12.1. The van der Waals surface area contributed by atoms with Gasteiger partial charge in [0.05, 0.1) is 10.7 Å². The molecule has 0 aliphatic rings. The Morgan fingerprint density at radius 3 is 2.38 bits per heavy atom. The number of oxime groups is 1. The second kappa shape index (κ2) is 6.28. The molecule has 0 fully saturated rings. The van der Waals surface area contributed by atoms with E-state index in [1.807, 2.05) is 13.0 Å². The third-order valence-electron chi connectivity index (χ3n) is 2.92. The van der Waals surface area contributed by atoms with E-state index < -0.39 is 0 Å². The number of carbonyl (C=O) groups excluding carboxylic acids is 1. The van der Waals surface area contributed by atoms with Crippen molar-refractivity contribution in [2.45, 2.75) is 6.92 Å². The molecule has 2 aromatic carbocycles. The van der Waals surface area contributed by atoms with Crippen molar-refractivity contribution < 1.29 is 10.0 Å². The number of rotatable bonds is 3. The molecule has 0 saturated carbocycles. The third kappa shape index (κ3) is 3.52. The Morgan fingerprint density at radius 1 is 1.19 bits per heavy atom. The fourth-order valence-corrected chi connectivity index (χ4v) is 2.05. The molecule has 0 unspecified atom stereocenters. The van der Waals surface area contributed by atoms with Gasteiger partial charge >= 0.3 is 0 Å². The number of hydrogen-bond donors (Lipinski definition) is 3. The topological polar surface area (TPSA) is 87.7 Å². The van der Waals surface area contributed by atoms with Crippen LogP contribution in [-0.2, 0) is 0 Å². The van der Waals surface area contributed by atoms with Gasteiger partial charge in [-0.25, -0.2) is 0 Å². The van der Waals surface area contributed by atoms with E-state index in [1.54, 1.807) is 36.4 Å². The molecule has 0 bridgehead atoms. The van der Waals surface area contributed by atoms with E-state index in [1.165, 1.54) is 0 Å². The van der Waals surface area contributed by atoms with Gasteiger partial charge in [-0.05, 0) is 36.8 Å². The molecule has 21 heavy (non-hydrogen) atoms. The number of amidine groups is 1. The molecule has 5 nitrogen and oxygen atoms in total. The lowest BCUT2D eigenvalue weighted by atomic mass is 10.1. The van der Waals surface area contributed by atoms with Crippen molar-refractivity contribution in [3.8, 4) is 0 Å². The number of anilines is 1. The van der Waals surface area contributed by atoms with Gasteiger partial charge in [0.15, 0.2) is 5.84 Å². The molecule has 4 N–H and O–H groups in total. The number of nitrogens with zero attached hydrogens (tertiary/aromatic N) is 1. The highest BCUT2D eigenvalue weighted by atomic mass is 35.5. The highest BCUT2D eigenvalue weighted by molar-refractivity contribution is 6.34. The predicted octanol–water partition coefficient (Wildman–Crippen LogP) is 3.00. The summed E-state index contributed by atoms with van der Waals surface area (Å²) in [5.74, 6) is -0.296. The Labute approximate surface area is 127 Å². The van der Waals surface area contributed by atoms with Crippen LogP contribution in [0, 0.1) is 6.92 Å². The summed E-state index contributed by atoms with van der Waals surface area (Å²) in [5.41, 5.74) is 8.00. The number of hydrogen-bond acceptors (Lipinski definition) is 3. The molecule has 0 atom stereocenters. The number of carbonyl (C=O) groups is 1. The van der Waals surface area contributed by atoms with E-state index in [0.717, 1.165) is 5.56 Å². The van der Waals surface area contributed by atoms with Crippen molar-refractivity contribution in [3.63, 3.8) is 0 Å². The first-order valence-corrected chi connectivity index (χ1v) is 6.54. The largest absolute Gasteiger partial charge is 0.409 e. The van der Waals surface area contributed by atoms with Crippen LogP contribution in [-0.4, -0.2) is 17.0 Å². The molecule has 1 amide bonds. The molecular formula is C15H14ClN3O2. The minimum Gasteiger partial charge on any atom is -0.409 e. The Kier molecular flexibility index (Phi) is 4.45.